The van der Waals surface area contributed by atoms with Crippen molar-refractivity contribution in [3.63, 3.8) is 0 Å². The van der Waals surface area contributed by atoms with Crippen LogP contribution in [0, 0.1) is 0 Å². The van der Waals surface area contributed by atoms with Crippen LogP contribution in [0.2, 0.25) is 0 Å². The predicted octanol–water partition coefficient (Wildman–Crippen LogP) is -0.458. The second kappa shape index (κ2) is 5.66. The van der Waals surface area contributed by atoms with Gasteiger partial charge in [-0.05, 0) is 0 Å². The van der Waals surface area contributed by atoms with Gasteiger partial charge in [-0.2, -0.15) is 0 Å². The van der Waals surface area contributed by atoms with Crippen molar-refractivity contribution in [1.29, 1.82) is 0 Å². The predicted molar refractivity (Wildman–Crippen MR) is 87.4 cm³/mol. The van der Waals surface area contributed by atoms with Crippen molar-refractivity contribution in [2.45, 2.75) is 5.79 Å². The number of fused-ring (bicyclic) bond motifs is 2. The Kier molecular flexibility index (Phi) is 3.75. The van der Waals surface area contributed by atoms with E-state index in [0.29, 0.717) is 0 Å². The molecule has 0 aromatic heterocycles. The van der Waals surface area contributed by atoms with Crippen LogP contribution in [0.3, 0.4) is 0 Å². The molecular formula is C18H10O7. The van der Waals surface area contributed by atoms with Crippen molar-refractivity contribution in [1.82, 2.24) is 0 Å². The van der Waals surface area contributed by atoms with Gasteiger partial charge in [-0.1, -0.05) is 48.5 Å². The molecule has 4 rings (SSSR count). The summed E-state index contributed by atoms with van der Waals surface area (Å²) in [6.07, 6.45) is 0. The van der Waals surface area contributed by atoms with Crippen LogP contribution in [0.25, 0.3) is 10.8 Å². The Labute approximate surface area is 139 Å². The van der Waals surface area contributed by atoms with Gasteiger partial charge in [0.1, 0.15) is 0 Å². The second-order valence-corrected chi connectivity index (χ2v) is 5.41. The fraction of sp³-hybridized carbons (Fsp3) is 0.0556. The van der Waals surface area contributed by atoms with Crippen LogP contribution in [0.1, 0.15) is 20.7 Å². The number of aliphatic hydroxyl groups is 2. The summed E-state index contributed by atoms with van der Waals surface area (Å²) in [5, 5.41) is 18.7. The third kappa shape index (κ3) is 2.42. The van der Waals surface area contributed by atoms with Crippen LogP contribution < -0.4 is 16.3 Å². The van der Waals surface area contributed by atoms with E-state index in [1.54, 1.807) is 24.3 Å². The SMILES string of the molecule is O=C1c2ccccc2C(=O)C1(O)O.O=c1c(=O)c2ccccc2c1=O. The molecule has 0 radical (unpaired) electrons. The molecule has 124 valence electrons. The maximum absolute atomic E-state index is 11.2. The number of rotatable bonds is 0. The topological polar surface area (TPSA) is 126 Å². The Morgan fingerprint density at radius 3 is 1.32 bits per heavy atom. The Hall–Kier alpha value is -3.29. The molecule has 0 spiro atoms. The molecule has 0 bridgehead atoms. The molecule has 7 nitrogen and oxygen atoms in total. The van der Waals surface area contributed by atoms with E-state index in [4.69, 9.17) is 10.2 Å². The van der Waals surface area contributed by atoms with Gasteiger partial charge in [0, 0.05) is 21.9 Å². The van der Waals surface area contributed by atoms with Gasteiger partial charge in [0.15, 0.2) is 0 Å². The van der Waals surface area contributed by atoms with E-state index >= 15 is 0 Å². The Morgan fingerprint density at radius 1 is 0.560 bits per heavy atom. The summed E-state index contributed by atoms with van der Waals surface area (Å²) in [6.45, 7) is 0. The van der Waals surface area contributed by atoms with Gasteiger partial charge in [0.2, 0.25) is 22.4 Å². The summed E-state index contributed by atoms with van der Waals surface area (Å²) in [6, 6.07) is 12.1. The van der Waals surface area contributed by atoms with Gasteiger partial charge in [0.25, 0.3) is 11.2 Å². The number of hydrogen-bond acceptors (Lipinski definition) is 7. The molecule has 0 saturated carbocycles. The number of hydrogen-bond donors (Lipinski definition) is 2. The van der Waals surface area contributed by atoms with Crippen molar-refractivity contribution < 1.29 is 19.8 Å². The molecule has 0 heterocycles. The van der Waals surface area contributed by atoms with E-state index < -0.39 is 33.6 Å². The first-order valence-corrected chi connectivity index (χ1v) is 7.12. The summed E-state index contributed by atoms with van der Waals surface area (Å²) in [5.74, 6) is -4.76. The van der Waals surface area contributed by atoms with Crippen molar-refractivity contribution in [3.05, 3.63) is 90.3 Å². The first kappa shape index (κ1) is 16.6. The number of carbonyl (C=O) groups is 2. The highest BCUT2D eigenvalue weighted by Gasteiger charge is 2.50. The van der Waals surface area contributed by atoms with E-state index in [1.807, 2.05) is 0 Å². The molecule has 0 unspecified atom stereocenters. The van der Waals surface area contributed by atoms with E-state index in [0.717, 1.165) is 0 Å². The Morgan fingerprint density at radius 2 is 0.920 bits per heavy atom. The third-order valence-corrected chi connectivity index (χ3v) is 3.88. The van der Waals surface area contributed by atoms with Gasteiger partial charge < -0.3 is 10.2 Å². The molecular weight excluding hydrogens is 328 g/mol. The third-order valence-electron chi connectivity index (χ3n) is 3.88. The molecule has 2 N–H and O–H groups in total. The van der Waals surface area contributed by atoms with Crippen molar-refractivity contribution in [2.75, 3.05) is 0 Å². The standard InChI is InChI=1S/C9H6O4.C9H4O3/c10-7-5-3-1-2-4-6(5)8(11)9(7,12)13;10-7-5-3-1-2-4-6(5)8(11)9(7)12/h1-4,12-13H;1-4H. The van der Waals surface area contributed by atoms with Crippen LogP contribution >= 0.6 is 0 Å². The first-order valence-electron chi connectivity index (χ1n) is 7.12. The minimum absolute atomic E-state index is 0.0671. The number of Topliss-reactive ketones (excluding diaryl/α,β-unsaturated/α-hetero) is 2. The van der Waals surface area contributed by atoms with Gasteiger partial charge in [0.05, 0.1) is 0 Å². The molecule has 1 aliphatic carbocycles. The van der Waals surface area contributed by atoms with Crippen molar-refractivity contribution in [2.24, 2.45) is 0 Å². The number of carbonyl (C=O) groups excluding carboxylic acids is 2. The van der Waals surface area contributed by atoms with Crippen LogP contribution in [-0.2, 0) is 0 Å². The smallest absolute Gasteiger partial charge is 0.295 e. The fourth-order valence-corrected chi connectivity index (χ4v) is 2.58. The van der Waals surface area contributed by atoms with E-state index in [-0.39, 0.29) is 21.9 Å². The summed E-state index contributed by atoms with van der Waals surface area (Å²) >= 11 is 0. The monoisotopic (exact) mass is 338 g/mol. The maximum Gasteiger partial charge on any atom is 0.295 e. The molecule has 0 amide bonds. The first-order chi connectivity index (χ1) is 11.8. The van der Waals surface area contributed by atoms with Crippen LogP contribution in [0.5, 0.6) is 0 Å². The molecule has 1 aliphatic rings. The second-order valence-electron chi connectivity index (χ2n) is 5.41. The van der Waals surface area contributed by atoms with Crippen LogP contribution in [-0.4, -0.2) is 27.6 Å². The van der Waals surface area contributed by atoms with Gasteiger partial charge in [-0.3, -0.25) is 24.0 Å². The summed E-state index contributed by atoms with van der Waals surface area (Å²) < 4.78 is 0. The molecule has 0 fully saturated rings. The quantitative estimate of drug-likeness (QED) is 0.323. The average molecular weight is 338 g/mol. The van der Waals surface area contributed by atoms with E-state index in [2.05, 4.69) is 0 Å². The zero-order valence-corrected chi connectivity index (χ0v) is 12.6. The lowest BCUT2D eigenvalue weighted by molar-refractivity contribution is -0.0857. The summed E-state index contributed by atoms with van der Waals surface area (Å²) in [4.78, 5) is 55.4. The molecule has 0 atom stereocenters. The van der Waals surface area contributed by atoms with Crippen LogP contribution in [0.4, 0.5) is 0 Å². The highest BCUT2D eigenvalue weighted by Crippen LogP contribution is 2.27. The molecule has 25 heavy (non-hydrogen) atoms. The largest absolute Gasteiger partial charge is 0.353 e. The highest BCUT2D eigenvalue weighted by molar-refractivity contribution is 6.30. The number of benzene rings is 2. The van der Waals surface area contributed by atoms with E-state index in [1.165, 1.54) is 24.3 Å². The summed E-state index contributed by atoms with van der Waals surface area (Å²) in [7, 11) is 0. The number of ketones is 2. The fourth-order valence-electron chi connectivity index (χ4n) is 2.58. The summed E-state index contributed by atoms with van der Waals surface area (Å²) in [5.41, 5.74) is -2.16. The zero-order chi connectivity index (χ0) is 18.4. The normalized spacial score (nSPS) is 15.0. The molecule has 7 heteroatoms. The molecule has 3 aromatic rings. The maximum atomic E-state index is 11.2. The molecule has 0 saturated heterocycles. The van der Waals surface area contributed by atoms with Gasteiger partial charge >= 0.3 is 0 Å². The lowest BCUT2D eigenvalue weighted by Gasteiger charge is -2.08. The van der Waals surface area contributed by atoms with Crippen molar-refractivity contribution >= 4 is 22.3 Å². The van der Waals surface area contributed by atoms with Gasteiger partial charge in [-0.25, -0.2) is 0 Å². The Bertz CT molecular complexity index is 1080. The zero-order valence-electron chi connectivity index (χ0n) is 12.6. The lowest BCUT2D eigenvalue weighted by Crippen LogP contribution is -2.40. The minimum atomic E-state index is -2.86. The average Bonchev–Trinajstić information content (AvgIpc) is 2.95. The lowest BCUT2D eigenvalue weighted by atomic mass is 10.1. The van der Waals surface area contributed by atoms with Crippen LogP contribution in [0.15, 0.2) is 62.9 Å². The Balaban J connectivity index is 0.000000146. The molecule has 3 aromatic carbocycles. The van der Waals surface area contributed by atoms with Gasteiger partial charge in [-0.15, -0.1) is 0 Å². The van der Waals surface area contributed by atoms with Crippen molar-refractivity contribution in [3.8, 4) is 0 Å². The highest BCUT2D eigenvalue weighted by atomic mass is 16.5. The minimum Gasteiger partial charge on any atom is -0.353 e. The van der Waals surface area contributed by atoms with E-state index in [9.17, 15) is 24.0 Å². The molecule has 0 aliphatic heterocycles.